The molecule has 1 aliphatic carbocycles. The van der Waals surface area contributed by atoms with Gasteiger partial charge in [0.05, 0.1) is 18.1 Å². The third-order valence-electron chi connectivity index (χ3n) is 7.61. The molecule has 5 rings (SSSR count). The van der Waals surface area contributed by atoms with Crippen molar-refractivity contribution in [1.29, 1.82) is 0 Å². The van der Waals surface area contributed by atoms with Crippen molar-refractivity contribution in [2.75, 3.05) is 19.0 Å². The van der Waals surface area contributed by atoms with Gasteiger partial charge in [0, 0.05) is 12.6 Å². The van der Waals surface area contributed by atoms with Crippen LogP contribution >= 0.6 is 0 Å². The molecule has 1 heterocycles. The summed E-state index contributed by atoms with van der Waals surface area (Å²) in [6.07, 6.45) is 1.66. The number of anilines is 1. The lowest BCUT2D eigenvalue weighted by Gasteiger charge is -2.25. The van der Waals surface area contributed by atoms with Crippen LogP contribution in [0.1, 0.15) is 49.6 Å². The van der Waals surface area contributed by atoms with E-state index in [2.05, 4.69) is 10.5 Å². The highest BCUT2D eigenvalue weighted by molar-refractivity contribution is 5.94. The number of carbonyl (C=O) groups is 2. The molecule has 1 atom stereocenters. The van der Waals surface area contributed by atoms with Crippen molar-refractivity contribution in [3.8, 4) is 22.5 Å². The fourth-order valence-corrected chi connectivity index (χ4v) is 4.84. The summed E-state index contributed by atoms with van der Waals surface area (Å²) in [6, 6.07) is 25.6. The highest BCUT2D eigenvalue weighted by Gasteiger charge is 2.52. The smallest absolute Gasteiger partial charge is 0.322 e. The topological polar surface area (TPSA) is 84.7 Å². The number of urea groups is 1. The molecule has 0 unspecified atom stereocenters. The second-order valence-electron chi connectivity index (χ2n) is 10.1. The van der Waals surface area contributed by atoms with Crippen LogP contribution in [0.3, 0.4) is 0 Å². The molecule has 200 valence electrons. The molecule has 0 bridgehead atoms. The summed E-state index contributed by atoms with van der Waals surface area (Å²) in [4.78, 5) is 27.2. The van der Waals surface area contributed by atoms with Gasteiger partial charge in [0.2, 0.25) is 0 Å². The number of aryl methyl sites for hydroxylation is 1. The first-order valence-electron chi connectivity index (χ1n) is 13.3. The second-order valence-corrected chi connectivity index (χ2v) is 10.1. The Morgan fingerprint density at radius 3 is 2.15 bits per heavy atom. The lowest BCUT2D eigenvalue weighted by atomic mass is 9.93. The van der Waals surface area contributed by atoms with E-state index in [1.165, 1.54) is 0 Å². The van der Waals surface area contributed by atoms with Crippen LogP contribution in [-0.4, -0.2) is 35.7 Å². The minimum Gasteiger partial charge on any atom is -0.465 e. The molecule has 39 heavy (non-hydrogen) atoms. The summed E-state index contributed by atoms with van der Waals surface area (Å²) in [6.45, 7) is 6.03. The zero-order valence-corrected chi connectivity index (χ0v) is 22.7. The van der Waals surface area contributed by atoms with Gasteiger partial charge in [-0.1, -0.05) is 84.0 Å². The number of esters is 1. The Kier molecular flexibility index (Phi) is 7.24. The van der Waals surface area contributed by atoms with Gasteiger partial charge in [0.15, 0.2) is 5.76 Å². The Labute approximate surface area is 228 Å². The highest BCUT2D eigenvalue weighted by atomic mass is 16.5. The average molecular weight is 524 g/mol. The molecule has 1 fully saturated rings. The SMILES string of the molecule is CCOC(=O)C1(c2ccc(-c3ccc(-c4onc(C)c4NC(=O)N(C)[C@H](C)c4ccccc4)cc3)cc2)CC1. The summed E-state index contributed by atoms with van der Waals surface area (Å²) in [7, 11) is 1.77. The molecule has 1 aliphatic rings. The van der Waals surface area contributed by atoms with Gasteiger partial charge in [0.25, 0.3) is 0 Å². The molecule has 1 N–H and O–H groups in total. The molecule has 1 aromatic heterocycles. The van der Waals surface area contributed by atoms with Crippen LogP contribution in [0, 0.1) is 6.92 Å². The summed E-state index contributed by atoms with van der Waals surface area (Å²) >= 11 is 0. The second kappa shape index (κ2) is 10.8. The maximum absolute atomic E-state index is 13.1. The van der Waals surface area contributed by atoms with Crippen LogP contribution in [0.4, 0.5) is 10.5 Å². The average Bonchev–Trinajstić information content (AvgIpc) is 3.71. The van der Waals surface area contributed by atoms with E-state index in [-0.39, 0.29) is 18.0 Å². The number of ether oxygens (including phenoxy) is 1. The quantitative estimate of drug-likeness (QED) is 0.248. The van der Waals surface area contributed by atoms with Crippen LogP contribution in [-0.2, 0) is 14.9 Å². The zero-order chi connectivity index (χ0) is 27.6. The van der Waals surface area contributed by atoms with Gasteiger partial charge >= 0.3 is 12.0 Å². The number of hydrogen-bond acceptors (Lipinski definition) is 5. The van der Waals surface area contributed by atoms with Gasteiger partial charge in [-0.2, -0.15) is 0 Å². The highest BCUT2D eigenvalue weighted by Crippen LogP contribution is 2.49. The lowest BCUT2D eigenvalue weighted by Crippen LogP contribution is -2.33. The Morgan fingerprint density at radius 2 is 1.56 bits per heavy atom. The first kappa shape index (κ1) is 26.2. The summed E-state index contributed by atoms with van der Waals surface area (Å²) < 4.78 is 10.9. The van der Waals surface area contributed by atoms with E-state index in [4.69, 9.17) is 9.26 Å². The van der Waals surface area contributed by atoms with Crippen molar-refractivity contribution in [2.45, 2.75) is 45.1 Å². The number of nitrogens with zero attached hydrogens (tertiary/aromatic N) is 2. The minimum atomic E-state index is -0.476. The molecular weight excluding hydrogens is 490 g/mol. The molecule has 0 spiro atoms. The molecule has 7 nitrogen and oxygen atoms in total. The fourth-order valence-electron chi connectivity index (χ4n) is 4.84. The molecular formula is C32H33N3O4. The van der Waals surface area contributed by atoms with Crippen molar-refractivity contribution >= 4 is 17.7 Å². The number of aromatic nitrogens is 1. The summed E-state index contributed by atoms with van der Waals surface area (Å²) in [5.74, 6) is 0.377. The first-order valence-corrected chi connectivity index (χ1v) is 13.3. The van der Waals surface area contributed by atoms with E-state index in [9.17, 15) is 9.59 Å². The number of nitrogens with one attached hydrogen (secondary N) is 1. The van der Waals surface area contributed by atoms with Crippen molar-refractivity contribution in [3.05, 3.63) is 95.7 Å². The minimum absolute atomic E-state index is 0.104. The van der Waals surface area contributed by atoms with E-state index >= 15 is 0 Å². The predicted octanol–water partition coefficient (Wildman–Crippen LogP) is 7.14. The molecule has 7 heteroatoms. The number of carbonyl (C=O) groups excluding carboxylic acids is 2. The van der Waals surface area contributed by atoms with Crippen LogP contribution < -0.4 is 5.32 Å². The van der Waals surface area contributed by atoms with E-state index in [0.717, 1.165) is 40.7 Å². The Morgan fingerprint density at radius 1 is 0.974 bits per heavy atom. The zero-order valence-electron chi connectivity index (χ0n) is 22.7. The normalized spacial score (nSPS) is 14.4. The molecule has 0 saturated heterocycles. The largest absolute Gasteiger partial charge is 0.465 e. The predicted molar refractivity (Wildman–Crippen MR) is 151 cm³/mol. The Bertz CT molecular complexity index is 1460. The number of hydrogen-bond donors (Lipinski definition) is 1. The number of rotatable bonds is 8. The van der Waals surface area contributed by atoms with E-state index in [0.29, 0.717) is 23.7 Å². The van der Waals surface area contributed by atoms with Crippen molar-refractivity contribution in [1.82, 2.24) is 10.1 Å². The first-order chi connectivity index (χ1) is 18.8. The third kappa shape index (κ3) is 5.17. The maximum atomic E-state index is 13.1. The van der Waals surface area contributed by atoms with Crippen molar-refractivity contribution in [3.63, 3.8) is 0 Å². The molecule has 0 radical (unpaired) electrons. The maximum Gasteiger partial charge on any atom is 0.322 e. The summed E-state index contributed by atoms with van der Waals surface area (Å²) in [5.41, 5.74) is 5.63. The molecule has 4 aromatic rings. The van der Waals surface area contributed by atoms with Crippen molar-refractivity contribution in [2.24, 2.45) is 0 Å². The fraction of sp³-hybridized carbons (Fsp3) is 0.281. The monoisotopic (exact) mass is 523 g/mol. The summed E-state index contributed by atoms with van der Waals surface area (Å²) in [5, 5.41) is 7.10. The van der Waals surface area contributed by atoms with Gasteiger partial charge in [-0.3, -0.25) is 4.79 Å². The van der Waals surface area contributed by atoms with Gasteiger partial charge in [-0.15, -0.1) is 0 Å². The molecule has 3 aromatic carbocycles. The van der Waals surface area contributed by atoms with Crippen LogP contribution in [0.2, 0.25) is 0 Å². The number of amides is 2. The van der Waals surface area contributed by atoms with Crippen LogP contribution in [0.15, 0.2) is 83.4 Å². The molecule has 2 amide bonds. The van der Waals surface area contributed by atoms with E-state index in [1.807, 2.05) is 99.6 Å². The van der Waals surface area contributed by atoms with E-state index in [1.54, 1.807) is 11.9 Å². The third-order valence-corrected chi connectivity index (χ3v) is 7.61. The molecule has 1 saturated carbocycles. The van der Waals surface area contributed by atoms with Gasteiger partial charge in [-0.25, -0.2) is 4.79 Å². The van der Waals surface area contributed by atoms with Gasteiger partial charge < -0.3 is 19.5 Å². The Hall–Kier alpha value is -4.39. The number of benzene rings is 3. The van der Waals surface area contributed by atoms with E-state index < -0.39 is 5.41 Å². The van der Waals surface area contributed by atoms with Gasteiger partial charge in [-0.05, 0) is 55.9 Å². The van der Waals surface area contributed by atoms with Gasteiger partial charge in [0.1, 0.15) is 11.4 Å². The van der Waals surface area contributed by atoms with Crippen LogP contribution in [0.5, 0.6) is 0 Å². The van der Waals surface area contributed by atoms with Crippen LogP contribution in [0.25, 0.3) is 22.5 Å². The van der Waals surface area contributed by atoms with Crippen molar-refractivity contribution < 1.29 is 18.8 Å². The standard InChI is InChI=1S/C32H33N3O4/c1-5-38-30(36)32(19-20-32)27-17-15-25(16-18-27)24-11-13-26(14-12-24)29-28(21(2)34-39-29)33-31(37)35(4)22(3)23-9-7-6-8-10-23/h6-18,22H,5,19-20H2,1-4H3,(H,33,37)/t22-/m1/s1. The lowest BCUT2D eigenvalue weighted by molar-refractivity contribution is -0.146. The molecule has 0 aliphatic heterocycles. The Balaban J connectivity index is 1.31.